The van der Waals surface area contributed by atoms with Crippen molar-refractivity contribution in [2.45, 2.75) is 36.5 Å². The molecule has 0 bridgehead atoms. The lowest BCUT2D eigenvalue weighted by Gasteiger charge is -2.09. The van der Waals surface area contributed by atoms with Gasteiger partial charge in [0.2, 0.25) is 0 Å². The summed E-state index contributed by atoms with van der Waals surface area (Å²) in [6.07, 6.45) is 3.98. The number of aromatic nitrogens is 4. The average Bonchev–Trinajstić information content (AvgIpc) is 2.97. The van der Waals surface area contributed by atoms with E-state index in [0.717, 1.165) is 16.7 Å². The van der Waals surface area contributed by atoms with Gasteiger partial charge < -0.3 is 9.67 Å². The number of nitro benzene ring substituents is 1. The van der Waals surface area contributed by atoms with Crippen molar-refractivity contribution >= 4 is 28.2 Å². The SMILES string of the molecule is CCCn1c(CO)nnc1Sc1ccc([N+](=O)[O-])c2cnccc12. The van der Waals surface area contributed by atoms with Crippen LogP contribution in [-0.4, -0.2) is 29.8 Å². The summed E-state index contributed by atoms with van der Waals surface area (Å²) in [6, 6.07) is 4.92. The highest BCUT2D eigenvalue weighted by Crippen LogP contribution is 2.36. The maximum atomic E-state index is 11.2. The minimum absolute atomic E-state index is 0.0218. The molecule has 1 aromatic carbocycles. The van der Waals surface area contributed by atoms with Crippen molar-refractivity contribution in [3.05, 3.63) is 46.5 Å². The normalized spacial score (nSPS) is 11.1. The van der Waals surface area contributed by atoms with E-state index in [4.69, 9.17) is 0 Å². The summed E-state index contributed by atoms with van der Waals surface area (Å²) in [4.78, 5) is 15.6. The second-order valence-corrected chi connectivity index (χ2v) is 6.08. The molecule has 2 aromatic heterocycles. The summed E-state index contributed by atoms with van der Waals surface area (Å²) < 4.78 is 1.86. The molecule has 2 heterocycles. The maximum absolute atomic E-state index is 11.2. The van der Waals surface area contributed by atoms with Crippen LogP contribution in [0.5, 0.6) is 0 Å². The molecule has 0 aliphatic carbocycles. The number of rotatable bonds is 6. The first-order valence-electron chi connectivity index (χ1n) is 7.37. The Bertz CT molecular complexity index is 896. The summed E-state index contributed by atoms with van der Waals surface area (Å²) in [6.45, 7) is 2.54. The highest BCUT2D eigenvalue weighted by molar-refractivity contribution is 7.99. The third-order valence-corrected chi connectivity index (χ3v) is 4.60. The van der Waals surface area contributed by atoms with Gasteiger partial charge in [-0.2, -0.15) is 0 Å². The van der Waals surface area contributed by atoms with Gasteiger partial charge in [-0.3, -0.25) is 15.1 Å². The molecule has 24 heavy (non-hydrogen) atoms. The molecule has 124 valence electrons. The second kappa shape index (κ2) is 6.93. The van der Waals surface area contributed by atoms with Gasteiger partial charge in [0.15, 0.2) is 11.0 Å². The Morgan fingerprint density at radius 1 is 1.29 bits per heavy atom. The van der Waals surface area contributed by atoms with E-state index in [1.165, 1.54) is 24.0 Å². The van der Waals surface area contributed by atoms with Crippen molar-refractivity contribution in [1.82, 2.24) is 19.7 Å². The standard InChI is InChI=1S/C15H15N5O3S/c1-2-7-19-14(9-21)17-18-15(19)24-13-4-3-12(20(22)23)11-8-16-6-5-10(11)13/h3-6,8,21H,2,7,9H2,1H3. The molecular formula is C15H15N5O3S. The van der Waals surface area contributed by atoms with Crippen molar-refractivity contribution in [3.8, 4) is 0 Å². The van der Waals surface area contributed by atoms with Gasteiger partial charge in [-0.25, -0.2) is 0 Å². The number of nitro groups is 1. The summed E-state index contributed by atoms with van der Waals surface area (Å²) in [5.74, 6) is 0.507. The molecule has 3 rings (SSSR count). The minimum atomic E-state index is -0.415. The lowest BCUT2D eigenvalue weighted by atomic mass is 10.1. The van der Waals surface area contributed by atoms with Crippen LogP contribution < -0.4 is 0 Å². The van der Waals surface area contributed by atoms with E-state index in [2.05, 4.69) is 15.2 Å². The molecule has 0 saturated heterocycles. The van der Waals surface area contributed by atoms with E-state index in [0.29, 0.717) is 22.9 Å². The van der Waals surface area contributed by atoms with Crippen molar-refractivity contribution in [1.29, 1.82) is 0 Å². The fourth-order valence-corrected chi connectivity index (χ4v) is 3.46. The number of hydrogen-bond donors (Lipinski definition) is 1. The monoisotopic (exact) mass is 345 g/mol. The largest absolute Gasteiger partial charge is 0.388 e. The molecule has 0 amide bonds. The number of aliphatic hydroxyl groups excluding tert-OH is 1. The molecule has 8 nitrogen and oxygen atoms in total. The summed E-state index contributed by atoms with van der Waals surface area (Å²) >= 11 is 1.37. The Morgan fingerprint density at radius 2 is 2.12 bits per heavy atom. The van der Waals surface area contributed by atoms with Crippen LogP contribution in [-0.2, 0) is 13.2 Å². The van der Waals surface area contributed by atoms with Crippen LogP contribution in [0.4, 0.5) is 5.69 Å². The lowest BCUT2D eigenvalue weighted by Crippen LogP contribution is -2.04. The first-order valence-corrected chi connectivity index (χ1v) is 8.19. The van der Waals surface area contributed by atoms with Crippen LogP contribution in [0.2, 0.25) is 0 Å². The van der Waals surface area contributed by atoms with Crippen molar-refractivity contribution < 1.29 is 10.0 Å². The zero-order chi connectivity index (χ0) is 17.1. The fraction of sp³-hybridized carbons (Fsp3) is 0.267. The van der Waals surface area contributed by atoms with Gasteiger partial charge in [0, 0.05) is 35.3 Å². The summed E-state index contributed by atoms with van der Waals surface area (Å²) in [7, 11) is 0. The average molecular weight is 345 g/mol. The predicted octanol–water partition coefficient (Wildman–Crippen LogP) is 2.79. The van der Waals surface area contributed by atoms with E-state index in [-0.39, 0.29) is 12.3 Å². The van der Waals surface area contributed by atoms with Crippen molar-refractivity contribution in [2.24, 2.45) is 0 Å². The molecular weight excluding hydrogens is 330 g/mol. The van der Waals surface area contributed by atoms with E-state index >= 15 is 0 Å². The zero-order valence-electron chi connectivity index (χ0n) is 12.9. The first-order chi connectivity index (χ1) is 11.7. The number of aliphatic hydroxyl groups is 1. The smallest absolute Gasteiger partial charge is 0.278 e. The van der Waals surface area contributed by atoms with Crippen molar-refractivity contribution in [2.75, 3.05) is 0 Å². The van der Waals surface area contributed by atoms with E-state index < -0.39 is 4.92 Å². The molecule has 0 aliphatic rings. The molecule has 3 aromatic rings. The van der Waals surface area contributed by atoms with Gasteiger partial charge in [0.25, 0.3) is 5.69 Å². The van der Waals surface area contributed by atoms with Gasteiger partial charge in [-0.1, -0.05) is 6.92 Å². The number of nitrogens with zero attached hydrogens (tertiary/aromatic N) is 5. The number of pyridine rings is 1. The van der Waals surface area contributed by atoms with E-state index in [9.17, 15) is 15.2 Å². The molecule has 0 saturated carbocycles. The third kappa shape index (κ3) is 2.95. The Kier molecular flexibility index (Phi) is 4.72. The van der Waals surface area contributed by atoms with Gasteiger partial charge in [-0.05, 0) is 30.3 Å². The van der Waals surface area contributed by atoms with Crippen LogP contribution in [0.25, 0.3) is 10.8 Å². The van der Waals surface area contributed by atoms with Crippen LogP contribution in [0.15, 0.2) is 40.6 Å². The molecule has 0 fully saturated rings. The van der Waals surface area contributed by atoms with Crippen LogP contribution in [0.3, 0.4) is 0 Å². The Morgan fingerprint density at radius 3 is 2.83 bits per heavy atom. The highest BCUT2D eigenvalue weighted by Gasteiger charge is 2.18. The van der Waals surface area contributed by atoms with Gasteiger partial charge in [0.1, 0.15) is 6.61 Å². The Labute approximate surface area is 141 Å². The van der Waals surface area contributed by atoms with Gasteiger partial charge in [0.05, 0.1) is 10.3 Å². The fourth-order valence-electron chi connectivity index (χ4n) is 2.45. The number of non-ortho nitro benzene ring substituents is 1. The topological polar surface area (TPSA) is 107 Å². The van der Waals surface area contributed by atoms with E-state index in [1.807, 2.05) is 11.5 Å². The zero-order valence-corrected chi connectivity index (χ0v) is 13.7. The molecule has 0 unspecified atom stereocenters. The Hall–Kier alpha value is -2.52. The molecule has 1 N–H and O–H groups in total. The molecule has 0 atom stereocenters. The number of benzene rings is 1. The predicted molar refractivity (Wildman–Crippen MR) is 88.8 cm³/mol. The summed E-state index contributed by atoms with van der Waals surface area (Å²) in [5, 5.41) is 30.6. The Balaban J connectivity index is 2.07. The lowest BCUT2D eigenvalue weighted by molar-refractivity contribution is -0.383. The minimum Gasteiger partial charge on any atom is -0.388 e. The molecule has 0 radical (unpaired) electrons. The van der Waals surface area contributed by atoms with Crippen LogP contribution >= 0.6 is 11.8 Å². The molecule has 0 spiro atoms. The molecule has 9 heteroatoms. The quantitative estimate of drug-likeness (QED) is 0.540. The van der Waals surface area contributed by atoms with Crippen LogP contribution in [0.1, 0.15) is 19.2 Å². The van der Waals surface area contributed by atoms with Crippen LogP contribution in [0, 0.1) is 10.1 Å². The van der Waals surface area contributed by atoms with E-state index in [1.54, 1.807) is 18.3 Å². The number of fused-ring (bicyclic) bond motifs is 1. The third-order valence-electron chi connectivity index (χ3n) is 3.54. The highest BCUT2D eigenvalue weighted by atomic mass is 32.2. The second-order valence-electron chi connectivity index (χ2n) is 5.07. The van der Waals surface area contributed by atoms with Gasteiger partial charge >= 0.3 is 0 Å². The van der Waals surface area contributed by atoms with Gasteiger partial charge in [-0.15, -0.1) is 10.2 Å². The number of hydrogen-bond acceptors (Lipinski definition) is 7. The summed E-state index contributed by atoms with van der Waals surface area (Å²) in [5.41, 5.74) is 0.0218. The maximum Gasteiger partial charge on any atom is 0.278 e. The first kappa shape index (κ1) is 16.3. The molecule has 0 aliphatic heterocycles. The van der Waals surface area contributed by atoms with Crippen molar-refractivity contribution in [3.63, 3.8) is 0 Å².